The van der Waals surface area contributed by atoms with Gasteiger partial charge in [0.2, 0.25) is 5.91 Å². The number of rotatable bonds is 2. The van der Waals surface area contributed by atoms with E-state index >= 15 is 0 Å². The Morgan fingerprint density at radius 2 is 1.61 bits per heavy atom. The van der Waals surface area contributed by atoms with Gasteiger partial charge < -0.3 is 10.0 Å². The number of fused-ring (bicyclic) bond motifs is 2. The van der Waals surface area contributed by atoms with E-state index < -0.39 is 12.0 Å². The maximum Gasteiger partial charge on any atom is 0.331 e. The van der Waals surface area contributed by atoms with Crippen LogP contribution in [0.4, 0.5) is 0 Å². The summed E-state index contributed by atoms with van der Waals surface area (Å²) in [6.45, 7) is 0.464. The highest BCUT2D eigenvalue weighted by Crippen LogP contribution is 2.39. The third-order valence-electron chi connectivity index (χ3n) is 4.95. The second-order valence-corrected chi connectivity index (χ2v) is 6.18. The minimum Gasteiger partial charge on any atom is -0.479 e. The van der Waals surface area contributed by atoms with Crippen molar-refractivity contribution in [3.8, 4) is 0 Å². The molecule has 1 heterocycles. The zero-order valence-corrected chi connectivity index (χ0v) is 12.6. The number of carbonyl (C=O) groups is 2. The molecule has 2 aromatic carbocycles. The van der Waals surface area contributed by atoms with Crippen LogP contribution in [0.15, 0.2) is 48.5 Å². The van der Waals surface area contributed by atoms with Crippen molar-refractivity contribution in [2.24, 2.45) is 0 Å². The van der Waals surface area contributed by atoms with E-state index in [-0.39, 0.29) is 11.8 Å². The first-order valence-electron chi connectivity index (χ1n) is 7.85. The lowest BCUT2D eigenvalue weighted by atomic mass is 9.76. The number of carboxylic acid groups (broad SMARTS) is 1. The Labute approximate surface area is 134 Å². The van der Waals surface area contributed by atoms with Gasteiger partial charge in [0.1, 0.15) is 0 Å². The van der Waals surface area contributed by atoms with Gasteiger partial charge in [0.25, 0.3) is 0 Å². The molecule has 0 bridgehead atoms. The Balaban J connectivity index is 1.67. The highest BCUT2D eigenvalue weighted by atomic mass is 16.4. The lowest BCUT2D eigenvalue weighted by Crippen LogP contribution is -2.47. The molecule has 116 valence electrons. The van der Waals surface area contributed by atoms with E-state index in [1.165, 1.54) is 5.56 Å². The largest absolute Gasteiger partial charge is 0.479 e. The van der Waals surface area contributed by atoms with Crippen molar-refractivity contribution in [2.45, 2.75) is 24.8 Å². The van der Waals surface area contributed by atoms with Gasteiger partial charge in [0.15, 0.2) is 6.04 Å². The van der Waals surface area contributed by atoms with Gasteiger partial charge in [-0.1, -0.05) is 48.5 Å². The molecule has 0 aromatic heterocycles. The molecule has 0 spiro atoms. The number of amides is 1. The summed E-state index contributed by atoms with van der Waals surface area (Å²) in [5.74, 6) is -1.22. The third-order valence-corrected chi connectivity index (χ3v) is 4.95. The van der Waals surface area contributed by atoms with E-state index in [0.717, 1.165) is 16.7 Å². The van der Waals surface area contributed by atoms with Gasteiger partial charge in [-0.2, -0.15) is 0 Å². The fraction of sp³-hybridized carbons (Fsp3) is 0.263. The molecule has 1 aliphatic heterocycles. The summed E-state index contributed by atoms with van der Waals surface area (Å²) in [5, 5.41) is 9.68. The van der Waals surface area contributed by atoms with Crippen LogP contribution in [0.2, 0.25) is 0 Å². The van der Waals surface area contributed by atoms with Gasteiger partial charge in [-0.3, -0.25) is 4.79 Å². The van der Waals surface area contributed by atoms with E-state index in [1.807, 2.05) is 48.5 Å². The average molecular weight is 307 g/mol. The Morgan fingerprint density at radius 3 is 2.30 bits per heavy atom. The second-order valence-electron chi connectivity index (χ2n) is 6.18. The van der Waals surface area contributed by atoms with Crippen LogP contribution in [0.5, 0.6) is 0 Å². The van der Waals surface area contributed by atoms with Crippen molar-refractivity contribution in [1.82, 2.24) is 4.90 Å². The van der Waals surface area contributed by atoms with Gasteiger partial charge in [-0.15, -0.1) is 0 Å². The average Bonchev–Trinajstić information content (AvgIpc) is 2.54. The van der Waals surface area contributed by atoms with Crippen LogP contribution in [-0.2, 0) is 22.4 Å². The van der Waals surface area contributed by atoms with Crippen LogP contribution < -0.4 is 0 Å². The molecule has 23 heavy (non-hydrogen) atoms. The quantitative estimate of drug-likeness (QED) is 0.927. The van der Waals surface area contributed by atoms with Crippen molar-refractivity contribution in [3.05, 3.63) is 70.8 Å². The van der Waals surface area contributed by atoms with Gasteiger partial charge in [0, 0.05) is 6.54 Å². The van der Waals surface area contributed by atoms with Crippen molar-refractivity contribution >= 4 is 11.9 Å². The summed E-state index contributed by atoms with van der Waals surface area (Å²) in [7, 11) is 0. The topological polar surface area (TPSA) is 57.6 Å². The predicted molar refractivity (Wildman–Crippen MR) is 85.1 cm³/mol. The number of nitrogens with zero attached hydrogens (tertiary/aromatic N) is 1. The number of hydrogen-bond acceptors (Lipinski definition) is 2. The van der Waals surface area contributed by atoms with E-state index in [1.54, 1.807) is 4.90 Å². The minimum absolute atomic E-state index is 0.0643. The van der Waals surface area contributed by atoms with Crippen LogP contribution in [0.1, 0.15) is 34.2 Å². The fourth-order valence-corrected chi connectivity index (χ4v) is 3.75. The minimum atomic E-state index is -0.960. The zero-order valence-electron chi connectivity index (χ0n) is 12.6. The highest BCUT2D eigenvalue weighted by Gasteiger charge is 2.41. The van der Waals surface area contributed by atoms with Crippen molar-refractivity contribution < 1.29 is 14.7 Å². The number of aliphatic carboxylic acids is 1. The first-order chi connectivity index (χ1) is 11.2. The molecule has 0 saturated carbocycles. The lowest BCUT2D eigenvalue weighted by Gasteiger charge is -2.39. The number of carboxylic acids is 1. The Bertz CT molecular complexity index is 799. The van der Waals surface area contributed by atoms with Crippen molar-refractivity contribution in [1.29, 1.82) is 0 Å². The zero-order chi connectivity index (χ0) is 16.0. The van der Waals surface area contributed by atoms with Crippen LogP contribution in [0.25, 0.3) is 0 Å². The molecular weight excluding hydrogens is 290 g/mol. The summed E-state index contributed by atoms with van der Waals surface area (Å²) in [6, 6.07) is 14.5. The summed E-state index contributed by atoms with van der Waals surface area (Å²) in [5.41, 5.74) is 4.00. The smallest absolute Gasteiger partial charge is 0.331 e. The Morgan fingerprint density at radius 1 is 0.957 bits per heavy atom. The van der Waals surface area contributed by atoms with Crippen LogP contribution in [0, 0.1) is 0 Å². The first-order valence-corrected chi connectivity index (χ1v) is 7.85. The van der Waals surface area contributed by atoms with Crippen LogP contribution in [0.3, 0.4) is 0 Å². The monoisotopic (exact) mass is 307 g/mol. The molecule has 4 heteroatoms. The number of benzene rings is 2. The summed E-state index contributed by atoms with van der Waals surface area (Å²) >= 11 is 0. The highest BCUT2D eigenvalue weighted by molar-refractivity contribution is 5.91. The molecule has 2 atom stereocenters. The Kier molecular flexibility index (Phi) is 3.18. The van der Waals surface area contributed by atoms with E-state index in [2.05, 4.69) is 0 Å². The van der Waals surface area contributed by atoms with E-state index in [9.17, 15) is 14.7 Å². The molecule has 4 nitrogen and oxygen atoms in total. The maximum atomic E-state index is 12.9. The van der Waals surface area contributed by atoms with Crippen molar-refractivity contribution in [2.75, 3.05) is 6.54 Å². The van der Waals surface area contributed by atoms with E-state index in [0.29, 0.717) is 19.4 Å². The predicted octanol–water partition coefficient (Wildman–Crippen LogP) is 2.54. The van der Waals surface area contributed by atoms with Gasteiger partial charge in [-0.05, 0) is 35.1 Å². The molecule has 0 fully saturated rings. The molecule has 2 aliphatic rings. The maximum absolute atomic E-state index is 12.9. The van der Waals surface area contributed by atoms with Crippen LogP contribution >= 0.6 is 0 Å². The summed E-state index contributed by atoms with van der Waals surface area (Å²) in [4.78, 5) is 26.3. The molecule has 1 amide bonds. The molecule has 1 N–H and O–H groups in total. The molecular formula is C19H17NO3. The van der Waals surface area contributed by atoms with E-state index in [4.69, 9.17) is 0 Å². The van der Waals surface area contributed by atoms with Crippen LogP contribution in [-0.4, -0.2) is 28.4 Å². The normalized spacial score (nSPS) is 21.8. The summed E-state index contributed by atoms with van der Waals surface area (Å²) < 4.78 is 0. The molecule has 0 radical (unpaired) electrons. The standard InChI is InChI=1S/C19H17NO3/c21-18(16-11-13-6-2-3-7-14(13)16)20-10-9-12-5-1-4-8-15(12)17(20)19(22)23/h1-8,16-17H,9-11H2,(H,22,23)/t16-,17+/m1/s1. The molecule has 4 rings (SSSR count). The van der Waals surface area contributed by atoms with Gasteiger partial charge in [0.05, 0.1) is 5.92 Å². The van der Waals surface area contributed by atoms with Gasteiger partial charge in [-0.25, -0.2) is 4.79 Å². The Hall–Kier alpha value is -2.62. The van der Waals surface area contributed by atoms with Crippen molar-refractivity contribution in [3.63, 3.8) is 0 Å². The summed E-state index contributed by atoms with van der Waals surface area (Å²) in [6.07, 6.45) is 1.42. The molecule has 1 aliphatic carbocycles. The molecule has 0 saturated heterocycles. The lowest BCUT2D eigenvalue weighted by molar-refractivity contribution is -0.152. The molecule has 0 unspecified atom stereocenters. The number of hydrogen-bond donors (Lipinski definition) is 1. The molecule has 2 aromatic rings. The number of carbonyl (C=O) groups excluding carboxylic acids is 1. The SMILES string of the molecule is O=C(O)[C@@H]1c2ccccc2CCN1C(=O)[C@@H]1Cc2ccccc21. The fourth-order valence-electron chi connectivity index (χ4n) is 3.75. The first kappa shape index (κ1) is 14.0. The second kappa shape index (κ2) is 5.23. The third kappa shape index (κ3) is 2.13. The van der Waals surface area contributed by atoms with Gasteiger partial charge >= 0.3 is 5.97 Å².